The van der Waals surface area contributed by atoms with E-state index in [1.807, 2.05) is 0 Å². The summed E-state index contributed by atoms with van der Waals surface area (Å²) in [5, 5.41) is 9.67. The molecule has 0 spiro atoms. The molecule has 0 N–H and O–H groups in total. The van der Waals surface area contributed by atoms with Gasteiger partial charge in [0.25, 0.3) is 0 Å². The van der Waals surface area contributed by atoms with Crippen LogP contribution in [-0.4, -0.2) is 12.8 Å². The normalized spacial score (nSPS) is 17.3. The molecule has 0 aromatic heterocycles. The minimum atomic E-state index is -1.41. The first-order valence-corrected chi connectivity index (χ1v) is 3.13. The number of hydrogen-bond donors (Lipinski definition) is 0. The highest BCUT2D eigenvalue weighted by molar-refractivity contribution is 5.56. The van der Waals surface area contributed by atoms with Gasteiger partial charge in [0.05, 0.1) is 6.61 Å². The lowest BCUT2D eigenvalue weighted by molar-refractivity contribution is 0.0659. The molecule has 9 heavy (non-hydrogen) atoms. The predicted molar refractivity (Wildman–Crippen MR) is 29.4 cm³/mol. The third-order valence-corrected chi connectivity index (χ3v) is 1.44. The van der Waals surface area contributed by atoms with Crippen LogP contribution in [0.5, 0.6) is 0 Å². The Labute approximate surface area is 53.6 Å². The molecule has 0 aliphatic heterocycles. The van der Waals surface area contributed by atoms with Crippen molar-refractivity contribution in [2.75, 3.05) is 6.61 Å². The zero-order valence-electron chi connectivity index (χ0n) is 5.13. The van der Waals surface area contributed by atoms with E-state index in [0.29, 0.717) is 6.61 Å². The number of carbonyl (C=O) groups excluding carboxylic acids is 1. The zero-order chi connectivity index (χ0) is 6.69. The summed E-state index contributed by atoms with van der Waals surface area (Å²) in [5.41, 5.74) is 0. The van der Waals surface area contributed by atoms with Gasteiger partial charge in [-0.2, -0.15) is 9.90 Å². The van der Waals surface area contributed by atoms with Crippen LogP contribution in [0.1, 0.15) is 19.3 Å². The summed E-state index contributed by atoms with van der Waals surface area (Å²) in [4.78, 5) is 9.67. The Hall–Kier alpha value is -0.730. The second kappa shape index (κ2) is 2.71. The largest absolute Gasteiger partial charge is 0.549 e. The van der Waals surface area contributed by atoms with E-state index in [0.717, 1.165) is 12.3 Å². The maximum absolute atomic E-state index is 9.67. The Morgan fingerprint density at radius 1 is 1.56 bits per heavy atom. The van der Waals surface area contributed by atoms with Crippen LogP contribution in [-0.2, 0) is 9.84 Å². The van der Waals surface area contributed by atoms with E-state index in [1.54, 1.807) is 0 Å². The first-order chi connectivity index (χ1) is 4.29. The summed E-state index contributed by atoms with van der Waals surface area (Å²) in [7, 11) is 0. The molecule has 0 bridgehead atoms. The highest BCUT2D eigenvalue weighted by Crippen LogP contribution is 2.31. The van der Waals surface area contributed by atoms with Crippen LogP contribution < -0.4 is 0 Å². The van der Waals surface area contributed by atoms with E-state index < -0.39 is 6.16 Å². The monoisotopic (exact) mass is 129 g/mol. The summed E-state index contributed by atoms with van der Waals surface area (Å²) in [6.45, 7) is 0.312. The standard InChI is InChI=1S/C6H9O3/c7-6(8)9-4-3-5-1-2-5/h5H,1-4H2. The molecule has 1 fully saturated rings. The van der Waals surface area contributed by atoms with Crippen molar-refractivity contribution >= 4 is 6.16 Å². The molecular formula is C6H9O3. The van der Waals surface area contributed by atoms with Gasteiger partial charge in [-0.1, -0.05) is 12.8 Å². The molecule has 3 heteroatoms. The summed E-state index contributed by atoms with van der Waals surface area (Å²) < 4.78 is 4.20. The third-order valence-electron chi connectivity index (χ3n) is 1.44. The molecule has 1 radical (unpaired) electrons. The molecule has 1 rings (SSSR count). The van der Waals surface area contributed by atoms with E-state index in [4.69, 9.17) is 0 Å². The van der Waals surface area contributed by atoms with Gasteiger partial charge >= 0.3 is 6.16 Å². The minimum Gasteiger partial charge on any atom is -0.432 e. The Kier molecular flexibility index (Phi) is 1.92. The molecule has 1 saturated carbocycles. The Morgan fingerprint density at radius 2 is 2.22 bits per heavy atom. The van der Waals surface area contributed by atoms with Crippen molar-refractivity contribution in [3.63, 3.8) is 0 Å². The van der Waals surface area contributed by atoms with E-state index in [2.05, 4.69) is 4.74 Å². The van der Waals surface area contributed by atoms with Crippen LogP contribution in [0.4, 0.5) is 4.79 Å². The van der Waals surface area contributed by atoms with Crippen LogP contribution >= 0.6 is 0 Å². The zero-order valence-corrected chi connectivity index (χ0v) is 5.13. The van der Waals surface area contributed by atoms with E-state index in [-0.39, 0.29) is 0 Å². The minimum absolute atomic E-state index is 0.312. The first-order valence-electron chi connectivity index (χ1n) is 3.13. The highest BCUT2D eigenvalue weighted by atomic mass is 16.7. The summed E-state index contributed by atoms with van der Waals surface area (Å²) in [6.07, 6.45) is 1.93. The van der Waals surface area contributed by atoms with Crippen molar-refractivity contribution in [1.29, 1.82) is 0 Å². The number of rotatable bonds is 3. The van der Waals surface area contributed by atoms with Gasteiger partial charge in [0, 0.05) is 0 Å². The summed E-state index contributed by atoms with van der Waals surface area (Å²) >= 11 is 0. The maximum Gasteiger partial charge on any atom is 0.549 e. The molecular weight excluding hydrogens is 120 g/mol. The van der Waals surface area contributed by atoms with Gasteiger partial charge in [0.1, 0.15) is 0 Å². The van der Waals surface area contributed by atoms with E-state index in [1.165, 1.54) is 12.8 Å². The fourth-order valence-electron chi connectivity index (χ4n) is 0.715. The number of ether oxygens (including phenoxy) is 1. The van der Waals surface area contributed by atoms with Gasteiger partial charge < -0.3 is 4.74 Å². The molecule has 0 atom stereocenters. The molecule has 0 aromatic rings. The SMILES string of the molecule is [O]C(=O)OCCC1CC1. The van der Waals surface area contributed by atoms with Crippen LogP contribution in [0.3, 0.4) is 0 Å². The van der Waals surface area contributed by atoms with Gasteiger partial charge in [-0.3, -0.25) is 0 Å². The van der Waals surface area contributed by atoms with Crippen LogP contribution in [0.15, 0.2) is 0 Å². The van der Waals surface area contributed by atoms with Crippen LogP contribution in [0, 0.1) is 5.92 Å². The van der Waals surface area contributed by atoms with Crippen molar-refractivity contribution in [3.05, 3.63) is 0 Å². The number of hydrogen-bond acceptors (Lipinski definition) is 2. The molecule has 3 nitrogen and oxygen atoms in total. The van der Waals surface area contributed by atoms with Crippen molar-refractivity contribution in [1.82, 2.24) is 0 Å². The quantitative estimate of drug-likeness (QED) is 0.540. The lowest BCUT2D eigenvalue weighted by atomic mass is 10.3. The summed E-state index contributed by atoms with van der Waals surface area (Å²) in [6, 6.07) is 0. The molecule has 51 valence electrons. The molecule has 1 aliphatic carbocycles. The lowest BCUT2D eigenvalue weighted by Gasteiger charge is -1.94. The van der Waals surface area contributed by atoms with Gasteiger partial charge in [-0.15, -0.1) is 0 Å². The predicted octanol–water partition coefficient (Wildman–Crippen LogP) is 1.35. The van der Waals surface area contributed by atoms with Crippen molar-refractivity contribution in [2.24, 2.45) is 5.92 Å². The highest BCUT2D eigenvalue weighted by Gasteiger charge is 2.21. The van der Waals surface area contributed by atoms with Gasteiger partial charge in [-0.25, -0.2) is 0 Å². The van der Waals surface area contributed by atoms with Crippen molar-refractivity contribution in [3.8, 4) is 0 Å². The van der Waals surface area contributed by atoms with Gasteiger partial charge in [0.2, 0.25) is 0 Å². The van der Waals surface area contributed by atoms with Crippen molar-refractivity contribution in [2.45, 2.75) is 19.3 Å². The van der Waals surface area contributed by atoms with Crippen LogP contribution in [0.2, 0.25) is 0 Å². The topological polar surface area (TPSA) is 46.2 Å². The molecule has 0 heterocycles. The van der Waals surface area contributed by atoms with Gasteiger partial charge in [0.15, 0.2) is 0 Å². The Bertz CT molecular complexity index is 107. The molecule has 0 amide bonds. The molecule has 1 aliphatic rings. The molecule has 0 unspecified atom stereocenters. The fourth-order valence-corrected chi connectivity index (χ4v) is 0.715. The Morgan fingerprint density at radius 3 is 2.67 bits per heavy atom. The second-order valence-electron chi connectivity index (χ2n) is 2.33. The van der Waals surface area contributed by atoms with Crippen LogP contribution in [0.25, 0.3) is 0 Å². The molecule has 0 aromatic carbocycles. The fraction of sp³-hybridized carbons (Fsp3) is 0.833. The first kappa shape index (κ1) is 6.39. The average molecular weight is 129 g/mol. The number of carbonyl (C=O) groups is 1. The smallest absolute Gasteiger partial charge is 0.432 e. The maximum atomic E-state index is 9.67. The molecule has 0 saturated heterocycles. The van der Waals surface area contributed by atoms with E-state index >= 15 is 0 Å². The average Bonchev–Trinajstić information content (AvgIpc) is 2.48. The van der Waals surface area contributed by atoms with E-state index in [9.17, 15) is 9.90 Å². The lowest BCUT2D eigenvalue weighted by Crippen LogP contribution is -2.00. The van der Waals surface area contributed by atoms with Gasteiger partial charge in [-0.05, 0) is 12.3 Å². The second-order valence-corrected chi connectivity index (χ2v) is 2.33. The van der Waals surface area contributed by atoms with Crippen molar-refractivity contribution < 1.29 is 14.6 Å². The summed E-state index contributed by atoms with van der Waals surface area (Å²) in [5.74, 6) is 0.726. The third kappa shape index (κ3) is 2.95. The Balaban J connectivity index is 1.86.